The Morgan fingerprint density at radius 2 is 0.897 bits per heavy atom. The number of nitrogens with one attached hydrogen (secondary N) is 2. The molecule has 2 N–H and O–H groups in total. The van der Waals surface area contributed by atoms with Crippen LogP contribution in [0.25, 0.3) is 38.6 Å². The minimum absolute atomic E-state index is 1.03. The number of benzene rings is 6. The number of rotatable bonds is 6. The molecule has 0 amide bonds. The van der Waals surface area contributed by atoms with Crippen molar-refractivity contribution in [2.24, 2.45) is 0 Å². The summed E-state index contributed by atoms with van der Waals surface area (Å²) < 4.78 is 2.35. The lowest BCUT2D eigenvalue weighted by molar-refractivity contribution is 1.18. The summed E-state index contributed by atoms with van der Waals surface area (Å²) >= 11 is 0. The van der Waals surface area contributed by atoms with Crippen molar-refractivity contribution in [3.63, 3.8) is 0 Å². The third-order valence-corrected chi connectivity index (χ3v) is 7.08. The summed E-state index contributed by atoms with van der Waals surface area (Å²) in [5.74, 6) is 0. The van der Waals surface area contributed by atoms with Crippen molar-refractivity contribution in [3.05, 3.63) is 152 Å². The lowest BCUT2D eigenvalue weighted by Crippen LogP contribution is -1.95. The Morgan fingerprint density at radius 3 is 1.54 bits per heavy atom. The highest BCUT2D eigenvalue weighted by Gasteiger charge is 2.13. The quantitative estimate of drug-likeness (QED) is 0.237. The molecule has 7 rings (SSSR count). The summed E-state index contributed by atoms with van der Waals surface area (Å²) in [4.78, 5) is 0. The number of para-hydroxylation sites is 4. The Kier molecular flexibility index (Phi) is 5.80. The number of nitrogens with zero attached hydrogens (tertiary/aromatic N) is 1. The first kappa shape index (κ1) is 22.9. The summed E-state index contributed by atoms with van der Waals surface area (Å²) in [6.45, 7) is 0. The lowest BCUT2D eigenvalue weighted by Gasteiger charge is -2.14. The molecule has 3 heteroatoms. The molecule has 6 aromatic carbocycles. The zero-order valence-electron chi connectivity index (χ0n) is 21.4. The molecule has 3 nitrogen and oxygen atoms in total. The van der Waals surface area contributed by atoms with E-state index in [1.165, 1.54) is 33.1 Å². The highest BCUT2D eigenvalue weighted by atomic mass is 15.0. The molecule has 0 aliphatic heterocycles. The minimum atomic E-state index is 1.03. The van der Waals surface area contributed by atoms with Crippen molar-refractivity contribution in [3.8, 4) is 16.8 Å². The zero-order chi connectivity index (χ0) is 26.0. The van der Waals surface area contributed by atoms with Crippen LogP contribution in [0.3, 0.4) is 0 Å². The van der Waals surface area contributed by atoms with Crippen molar-refractivity contribution < 1.29 is 0 Å². The van der Waals surface area contributed by atoms with Crippen LogP contribution in [0.2, 0.25) is 0 Å². The van der Waals surface area contributed by atoms with E-state index >= 15 is 0 Å². The van der Waals surface area contributed by atoms with Crippen molar-refractivity contribution >= 4 is 44.6 Å². The van der Waals surface area contributed by atoms with Crippen LogP contribution in [0.15, 0.2) is 152 Å². The molecule has 186 valence electrons. The number of anilines is 4. The minimum Gasteiger partial charge on any atom is -0.355 e. The van der Waals surface area contributed by atoms with Gasteiger partial charge in [0.25, 0.3) is 0 Å². The molecular weight excluding hydrogens is 474 g/mol. The van der Waals surface area contributed by atoms with Gasteiger partial charge in [0.05, 0.1) is 11.0 Å². The summed E-state index contributed by atoms with van der Waals surface area (Å²) in [6.07, 6.45) is 0. The van der Waals surface area contributed by atoms with Crippen molar-refractivity contribution in [1.82, 2.24) is 4.57 Å². The van der Waals surface area contributed by atoms with Crippen LogP contribution in [0, 0.1) is 0 Å². The Labute approximate surface area is 228 Å². The summed E-state index contributed by atoms with van der Waals surface area (Å²) in [6, 6.07) is 53.2. The normalized spacial score (nSPS) is 11.1. The number of hydrogen-bond donors (Lipinski definition) is 2. The van der Waals surface area contributed by atoms with E-state index in [9.17, 15) is 0 Å². The predicted molar refractivity (Wildman–Crippen MR) is 166 cm³/mol. The summed E-state index contributed by atoms with van der Waals surface area (Å²) in [5.41, 5.74) is 10.1. The maximum absolute atomic E-state index is 3.59. The van der Waals surface area contributed by atoms with E-state index in [2.05, 4.69) is 130 Å². The lowest BCUT2D eigenvalue weighted by atomic mass is 10.0. The Balaban J connectivity index is 1.38. The first-order chi connectivity index (χ1) is 19.3. The third-order valence-electron chi connectivity index (χ3n) is 7.08. The van der Waals surface area contributed by atoms with Crippen LogP contribution in [0.5, 0.6) is 0 Å². The highest BCUT2D eigenvalue weighted by Crippen LogP contribution is 2.37. The van der Waals surface area contributed by atoms with E-state index in [0.717, 1.165) is 28.3 Å². The van der Waals surface area contributed by atoms with E-state index in [4.69, 9.17) is 0 Å². The molecule has 0 aliphatic carbocycles. The molecule has 1 aromatic heterocycles. The smallest absolute Gasteiger partial charge is 0.0541 e. The monoisotopic (exact) mass is 501 g/mol. The van der Waals surface area contributed by atoms with Crippen LogP contribution >= 0.6 is 0 Å². The van der Waals surface area contributed by atoms with Gasteiger partial charge in [0.15, 0.2) is 0 Å². The Hall–Kier alpha value is -5.28. The van der Waals surface area contributed by atoms with E-state index < -0.39 is 0 Å². The first-order valence-corrected chi connectivity index (χ1v) is 13.2. The average Bonchev–Trinajstić information content (AvgIpc) is 3.32. The fourth-order valence-corrected chi connectivity index (χ4v) is 5.32. The molecule has 0 unspecified atom stereocenters. The largest absolute Gasteiger partial charge is 0.355 e. The predicted octanol–water partition coefficient (Wildman–Crippen LogP) is 9.94. The number of hydrogen-bond acceptors (Lipinski definition) is 2. The van der Waals surface area contributed by atoms with Gasteiger partial charge in [0.2, 0.25) is 0 Å². The SMILES string of the molecule is c1ccc(Nc2cc(Nc3ccccc3)cc(-c3ccc4c(c3)c3ccccc3n4-c3ccccc3)c2)cc1. The number of fused-ring (bicyclic) bond motifs is 3. The molecular formula is C36H27N3. The van der Waals surface area contributed by atoms with Gasteiger partial charge in [0, 0.05) is 39.2 Å². The number of aromatic nitrogens is 1. The fourth-order valence-electron chi connectivity index (χ4n) is 5.32. The van der Waals surface area contributed by atoms with E-state index in [1.807, 2.05) is 36.4 Å². The average molecular weight is 502 g/mol. The third kappa shape index (κ3) is 4.51. The van der Waals surface area contributed by atoms with Crippen LogP contribution in [-0.4, -0.2) is 4.57 Å². The molecule has 0 aliphatic rings. The van der Waals surface area contributed by atoms with Crippen molar-refractivity contribution in [1.29, 1.82) is 0 Å². The van der Waals surface area contributed by atoms with Crippen LogP contribution in [-0.2, 0) is 0 Å². The summed E-state index contributed by atoms with van der Waals surface area (Å²) in [7, 11) is 0. The zero-order valence-corrected chi connectivity index (χ0v) is 21.4. The Bertz CT molecular complexity index is 1830. The second-order valence-corrected chi connectivity index (χ2v) is 9.70. The van der Waals surface area contributed by atoms with E-state index in [1.54, 1.807) is 0 Å². The van der Waals surface area contributed by atoms with E-state index in [-0.39, 0.29) is 0 Å². The molecule has 39 heavy (non-hydrogen) atoms. The maximum atomic E-state index is 3.59. The highest BCUT2D eigenvalue weighted by molar-refractivity contribution is 6.10. The van der Waals surface area contributed by atoms with Crippen LogP contribution in [0.4, 0.5) is 22.7 Å². The van der Waals surface area contributed by atoms with Gasteiger partial charge in [-0.05, 0) is 83.9 Å². The van der Waals surface area contributed by atoms with Crippen LogP contribution in [0.1, 0.15) is 0 Å². The van der Waals surface area contributed by atoms with Gasteiger partial charge >= 0.3 is 0 Å². The van der Waals surface area contributed by atoms with E-state index in [0.29, 0.717) is 0 Å². The van der Waals surface area contributed by atoms with Gasteiger partial charge < -0.3 is 15.2 Å². The van der Waals surface area contributed by atoms with Crippen molar-refractivity contribution in [2.45, 2.75) is 0 Å². The molecule has 0 fully saturated rings. The topological polar surface area (TPSA) is 29.0 Å². The van der Waals surface area contributed by atoms with Gasteiger partial charge in [-0.15, -0.1) is 0 Å². The fraction of sp³-hybridized carbons (Fsp3) is 0. The second kappa shape index (κ2) is 9.88. The van der Waals surface area contributed by atoms with Gasteiger partial charge in [-0.25, -0.2) is 0 Å². The molecule has 0 atom stereocenters. The first-order valence-electron chi connectivity index (χ1n) is 13.2. The summed E-state index contributed by atoms with van der Waals surface area (Å²) in [5, 5.41) is 9.67. The Morgan fingerprint density at radius 1 is 0.359 bits per heavy atom. The molecule has 1 heterocycles. The van der Waals surface area contributed by atoms with Crippen LogP contribution < -0.4 is 10.6 Å². The second-order valence-electron chi connectivity index (χ2n) is 9.70. The molecule has 0 radical (unpaired) electrons. The molecule has 0 saturated carbocycles. The van der Waals surface area contributed by atoms with Crippen molar-refractivity contribution in [2.75, 3.05) is 10.6 Å². The maximum Gasteiger partial charge on any atom is 0.0541 e. The molecule has 0 bridgehead atoms. The van der Waals surface area contributed by atoms with Gasteiger partial charge in [-0.2, -0.15) is 0 Å². The molecule has 0 spiro atoms. The molecule has 7 aromatic rings. The van der Waals surface area contributed by atoms with Gasteiger partial charge in [-0.1, -0.05) is 78.9 Å². The standard InChI is InChI=1S/C36H27N3/c1-4-12-28(13-5-1)37-30-22-27(23-31(25-30)38-29-14-6-2-7-15-29)26-20-21-36-34(24-26)33-18-10-11-19-35(33)39(36)32-16-8-3-9-17-32/h1-25,37-38H. The van der Waals surface area contributed by atoms with Gasteiger partial charge in [0.1, 0.15) is 0 Å². The van der Waals surface area contributed by atoms with Gasteiger partial charge in [-0.3, -0.25) is 0 Å². The molecule has 0 saturated heterocycles.